The van der Waals surface area contributed by atoms with Crippen LogP contribution in [0, 0.1) is 6.92 Å². The zero-order chi connectivity index (χ0) is 22.8. The molecule has 3 aromatic rings. The normalized spacial score (nSPS) is 13.7. The average molecular weight is 485 g/mol. The molecule has 0 saturated carbocycles. The van der Waals surface area contributed by atoms with Crippen LogP contribution in [0.25, 0.3) is 0 Å². The molecule has 0 aromatic heterocycles. The van der Waals surface area contributed by atoms with Crippen LogP contribution in [0.4, 0.5) is 11.4 Å². The van der Waals surface area contributed by atoms with E-state index in [1.165, 1.54) is 17.8 Å². The Morgan fingerprint density at radius 3 is 2.38 bits per heavy atom. The Morgan fingerprint density at radius 2 is 1.69 bits per heavy atom. The van der Waals surface area contributed by atoms with Gasteiger partial charge in [-0.05, 0) is 49.4 Å². The van der Waals surface area contributed by atoms with Crippen LogP contribution in [0.1, 0.15) is 5.56 Å². The van der Waals surface area contributed by atoms with Gasteiger partial charge in [0.05, 0.1) is 17.8 Å². The summed E-state index contributed by atoms with van der Waals surface area (Å²) in [7, 11) is 1.56. The maximum absolute atomic E-state index is 13.4. The van der Waals surface area contributed by atoms with Crippen LogP contribution >= 0.6 is 35.0 Å². The topological polar surface area (TPSA) is 58.6 Å². The van der Waals surface area contributed by atoms with Crippen molar-refractivity contribution in [1.29, 1.82) is 0 Å². The summed E-state index contributed by atoms with van der Waals surface area (Å²) in [5, 5.41) is 3.73. The molecular weight excluding hydrogens is 467 g/mol. The molecule has 0 atom stereocenters. The Bertz CT molecular complexity index is 1240. The van der Waals surface area contributed by atoms with Crippen LogP contribution < -0.4 is 15.0 Å². The first kappa shape index (κ1) is 22.3. The highest BCUT2D eigenvalue weighted by Gasteiger charge is 2.41. The van der Waals surface area contributed by atoms with Crippen molar-refractivity contribution in [2.24, 2.45) is 0 Å². The first-order valence-corrected chi connectivity index (χ1v) is 11.2. The third-order valence-electron chi connectivity index (χ3n) is 4.77. The van der Waals surface area contributed by atoms with Gasteiger partial charge in [0.15, 0.2) is 0 Å². The Morgan fingerprint density at radius 1 is 0.938 bits per heavy atom. The van der Waals surface area contributed by atoms with Gasteiger partial charge < -0.3 is 10.1 Å². The molecule has 0 saturated heterocycles. The number of aryl methyl sites for hydroxylation is 1. The van der Waals surface area contributed by atoms with E-state index in [1.807, 2.05) is 31.2 Å². The van der Waals surface area contributed by atoms with Gasteiger partial charge >= 0.3 is 0 Å². The van der Waals surface area contributed by atoms with Crippen molar-refractivity contribution >= 4 is 58.2 Å². The standard InChI is InChI=1S/C24H18Cl2N2O3S/c1-14-6-9-18(10-7-14)32-22-21(27-16-4-3-5-17(13-16)31-2)23(29)28(24(22)30)20-11-8-15(25)12-19(20)26/h3-13,27H,1-2H3. The van der Waals surface area contributed by atoms with E-state index in [4.69, 9.17) is 27.9 Å². The number of ether oxygens (including phenoxy) is 1. The summed E-state index contributed by atoms with van der Waals surface area (Å²) < 4.78 is 5.26. The predicted molar refractivity (Wildman–Crippen MR) is 130 cm³/mol. The number of amides is 2. The van der Waals surface area contributed by atoms with E-state index in [0.717, 1.165) is 15.4 Å². The number of nitrogens with zero attached hydrogens (tertiary/aromatic N) is 1. The molecule has 3 aromatic carbocycles. The van der Waals surface area contributed by atoms with Crippen LogP contribution in [0.5, 0.6) is 5.75 Å². The van der Waals surface area contributed by atoms with E-state index < -0.39 is 11.8 Å². The van der Waals surface area contributed by atoms with E-state index in [1.54, 1.807) is 43.5 Å². The van der Waals surface area contributed by atoms with Gasteiger partial charge in [-0.2, -0.15) is 0 Å². The summed E-state index contributed by atoms with van der Waals surface area (Å²) >= 11 is 13.5. The van der Waals surface area contributed by atoms with Gasteiger partial charge in [-0.3, -0.25) is 9.59 Å². The maximum atomic E-state index is 13.4. The van der Waals surface area contributed by atoms with Crippen molar-refractivity contribution < 1.29 is 14.3 Å². The molecule has 0 radical (unpaired) electrons. The number of imide groups is 1. The molecule has 0 fully saturated rings. The van der Waals surface area contributed by atoms with Gasteiger partial charge in [-0.25, -0.2) is 4.90 Å². The maximum Gasteiger partial charge on any atom is 0.283 e. The van der Waals surface area contributed by atoms with Crippen LogP contribution in [0.3, 0.4) is 0 Å². The fourth-order valence-corrected chi connectivity index (χ4v) is 4.59. The zero-order valence-corrected chi connectivity index (χ0v) is 19.5. The van der Waals surface area contributed by atoms with E-state index in [-0.39, 0.29) is 21.3 Å². The number of carbonyl (C=O) groups is 2. The number of halogens is 2. The molecular formula is C24H18Cl2N2O3S. The summed E-state index contributed by atoms with van der Waals surface area (Å²) in [5.74, 6) is -0.343. The molecule has 5 nitrogen and oxygen atoms in total. The molecule has 162 valence electrons. The van der Waals surface area contributed by atoms with Crippen LogP contribution in [-0.4, -0.2) is 18.9 Å². The highest BCUT2D eigenvalue weighted by molar-refractivity contribution is 8.04. The monoisotopic (exact) mass is 484 g/mol. The van der Waals surface area contributed by atoms with Crippen molar-refractivity contribution in [2.45, 2.75) is 11.8 Å². The minimum Gasteiger partial charge on any atom is -0.497 e. The van der Waals surface area contributed by atoms with Gasteiger partial charge in [-0.15, -0.1) is 0 Å². The number of nitrogens with one attached hydrogen (secondary N) is 1. The van der Waals surface area contributed by atoms with Crippen molar-refractivity contribution in [1.82, 2.24) is 0 Å². The lowest BCUT2D eigenvalue weighted by molar-refractivity contribution is -0.120. The van der Waals surface area contributed by atoms with Crippen molar-refractivity contribution in [3.63, 3.8) is 0 Å². The number of rotatable bonds is 6. The fraction of sp³-hybridized carbons (Fsp3) is 0.0833. The van der Waals surface area contributed by atoms with Crippen molar-refractivity contribution in [2.75, 3.05) is 17.3 Å². The molecule has 4 rings (SSSR count). The Labute approximate surface area is 200 Å². The molecule has 8 heteroatoms. The minimum atomic E-state index is -0.503. The highest BCUT2D eigenvalue weighted by atomic mass is 35.5. The molecule has 0 aliphatic carbocycles. The molecule has 0 spiro atoms. The summed E-state index contributed by atoms with van der Waals surface area (Å²) in [6, 6.07) is 19.5. The number of anilines is 2. The van der Waals surface area contributed by atoms with Crippen LogP contribution in [-0.2, 0) is 9.59 Å². The smallest absolute Gasteiger partial charge is 0.283 e. The number of benzene rings is 3. The van der Waals surface area contributed by atoms with Gasteiger partial charge in [0.2, 0.25) is 0 Å². The summed E-state index contributed by atoms with van der Waals surface area (Å²) in [6.45, 7) is 1.98. The van der Waals surface area contributed by atoms with Crippen molar-refractivity contribution in [3.8, 4) is 5.75 Å². The lowest BCUT2D eigenvalue weighted by Crippen LogP contribution is -2.32. The van der Waals surface area contributed by atoms with Crippen LogP contribution in [0.15, 0.2) is 82.2 Å². The second-order valence-electron chi connectivity index (χ2n) is 7.02. The van der Waals surface area contributed by atoms with Gasteiger partial charge in [-0.1, -0.05) is 58.7 Å². The Kier molecular flexibility index (Phi) is 6.46. The Balaban J connectivity index is 1.76. The number of carbonyl (C=O) groups excluding carboxylic acids is 2. The van der Waals surface area contributed by atoms with E-state index in [9.17, 15) is 9.59 Å². The van der Waals surface area contributed by atoms with E-state index in [0.29, 0.717) is 16.5 Å². The second kappa shape index (κ2) is 9.28. The van der Waals surface area contributed by atoms with Gasteiger partial charge in [0.25, 0.3) is 11.8 Å². The summed E-state index contributed by atoms with van der Waals surface area (Å²) in [6.07, 6.45) is 0. The fourth-order valence-electron chi connectivity index (χ4n) is 3.17. The molecule has 1 N–H and O–H groups in total. The predicted octanol–water partition coefficient (Wildman–Crippen LogP) is 6.30. The summed E-state index contributed by atoms with van der Waals surface area (Å²) in [4.78, 5) is 29.0. The zero-order valence-electron chi connectivity index (χ0n) is 17.2. The van der Waals surface area contributed by atoms with Gasteiger partial charge in [0.1, 0.15) is 16.4 Å². The minimum absolute atomic E-state index is 0.167. The SMILES string of the molecule is COc1cccc(NC2=C(Sc3ccc(C)cc3)C(=O)N(c3ccc(Cl)cc3Cl)C2=O)c1. The van der Waals surface area contributed by atoms with E-state index >= 15 is 0 Å². The molecule has 2 amide bonds. The van der Waals surface area contributed by atoms with Crippen LogP contribution in [0.2, 0.25) is 10.0 Å². The first-order valence-electron chi connectivity index (χ1n) is 9.61. The molecule has 1 heterocycles. The highest BCUT2D eigenvalue weighted by Crippen LogP contribution is 2.40. The second-order valence-corrected chi connectivity index (χ2v) is 8.95. The average Bonchev–Trinajstić information content (AvgIpc) is 3.00. The third kappa shape index (κ3) is 4.48. The third-order valence-corrected chi connectivity index (χ3v) is 6.40. The van der Waals surface area contributed by atoms with Gasteiger partial charge in [0, 0.05) is 21.7 Å². The largest absolute Gasteiger partial charge is 0.497 e. The molecule has 1 aliphatic rings. The van der Waals surface area contributed by atoms with Crippen molar-refractivity contribution in [3.05, 3.63) is 92.9 Å². The Hall–Kier alpha value is -2.93. The number of hydrogen-bond acceptors (Lipinski definition) is 5. The molecule has 32 heavy (non-hydrogen) atoms. The number of thioether (sulfide) groups is 1. The number of hydrogen-bond donors (Lipinski definition) is 1. The number of methoxy groups -OCH3 is 1. The quantitative estimate of drug-likeness (QED) is 0.416. The molecule has 0 bridgehead atoms. The molecule has 0 unspecified atom stereocenters. The van der Waals surface area contributed by atoms with E-state index in [2.05, 4.69) is 5.32 Å². The first-order chi connectivity index (χ1) is 15.4. The molecule has 1 aliphatic heterocycles. The lowest BCUT2D eigenvalue weighted by Gasteiger charge is -2.17. The summed E-state index contributed by atoms with van der Waals surface area (Å²) in [5.41, 5.74) is 2.16. The lowest BCUT2D eigenvalue weighted by atomic mass is 10.2.